The van der Waals surface area contributed by atoms with Crippen molar-refractivity contribution in [2.24, 2.45) is 0 Å². The number of pyridine rings is 1. The summed E-state index contributed by atoms with van der Waals surface area (Å²) in [7, 11) is 1.71. The maximum absolute atomic E-state index is 12.8. The number of anilines is 2. The number of hydrogen-bond acceptors (Lipinski definition) is 5. The van der Waals surface area contributed by atoms with Crippen molar-refractivity contribution in [2.75, 3.05) is 17.7 Å². The molecule has 0 saturated carbocycles. The van der Waals surface area contributed by atoms with Crippen LogP contribution in [-0.2, 0) is 6.18 Å². The van der Waals surface area contributed by atoms with E-state index in [1.807, 2.05) is 6.92 Å². The van der Waals surface area contributed by atoms with Crippen LogP contribution in [0.4, 0.5) is 24.7 Å². The lowest BCUT2D eigenvalue weighted by Crippen LogP contribution is -2.16. The topological polar surface area (TPSA) is 79.8 Å². The van der Waals surface area contributed by atoms with Crippen LogP contribution in [0, 0.1) is 6.92 Å². The number of benzene rings is 1. The SMILES string of the molecule is CNc1cc(-c2cc(NC(=O)c3cc(C(F)(F)F)cnn3)ccc2C)cc(Cl)n1. The largest absolute Gasteiger partial charge is 0.418 e. The van der Waals surface area contributed by atoms with Gasteiger partial charge in [0.15, 0.2) is 5.69 Å². The molecular formula is C19H15ClF3N5O. The summed E-state index contributed by atoms with van der Waals surface area (Å²) >= 11 is 6.06. The molecule has 1 amide bonds. The molecule has 0 fully saturated rings. The fourth-order valence-electron chi connectivity index (χ4n) is 2.62. The van der Waals surface area contributed by atoms with Crippen LogP contribution in [0.25, 0.3) is 11.1 Å². The van der Waals surface area contributed by atoms with Gasteiger partial charge >= 0.3 is 6.18 Å². The van der Waals surface area contributed by atoms with Crippen molar-refractivity contribution in [1.29, 1.82) is 0 Å². The monoisotopic (exact) mass is 421 g/mol. The summed E-state index contributed by atoms with van der Waals surface area (Å²) in [6.07, 6.45) is -4.05. The lowest BCUT2D eigenvalue weighted by molar-refractivity contribution is -0.137. The van der Waals surface area contributed by atoms with Crippen LogP contribution in [-0.4, -0.2) is 28.1 Å². The number of rotatable bonds is 4. The van der Waals surface area contributed by atoms with E-state index in [2.05, 4.69) is 25.8 Å². The van der Waals surface area contributed by atoms with E-state index >= 15 is 0 Å². The van der Waals surface area contributed by atoms with Crippen molar-refractivity contribution in [3.8, 4) is 11.1 Å². The molecule has 150 valence electrons. The number of alkyl halides is 3. The van der Waals surface area contributed by atoms with E-state index in [0.717, 1.165) is 16.7 Å². The number of nitrogens with zero attached hydrogens (tertiary/aromatic N) is 3. The zero-order chi connectivity index (χ0) is 21.2. The molecule has 0 aliphatic rings. The van der Waals surface area contributed by atoms with Gasteiger partial charge in [-0.1, -0.05) is 17.7 Å². The minimum atomic E-state index is -4.62. The molecule has 10 heteroatoms. The number of aryl methyl sites for hydroxylation is 1. The second-order valence-electron chi connectivity index (χ2n) is 6.12. The molecule has 29 heavy (non-hydrogen) atoms. The van der Waals surface area contributed by atoms with Gasteiger partial charge in [-0.3, -0.25) is 4.79 Å². The minimum Gasteiger partial charge on any atom is -0.373 e. The van der Waals surface area contributed by atoms with Crippen molar-refractivity contribution >= 4 is 29.0 Å². The molecule has 2 N–H and O–H groups in total. The zero-order valence-electron chi connectivity index (χ0n) is 15.3. The minimum absolute atomic E-state index is 0.292. The van der Waals surface area contributed by atoms with E-state index < -0.39 is 23.3 Å². The second kappa shape index (κ2) is 8.04. The Morgan fingerprint density at radius 2 is 1.90 bits per heavy atom. The third kappa shape index (κ3) is 4.80. The predicted molar refractivity (Wildman–Crippen MR) is 104 cm³/mol. The molecule has 0 unspecified atom stereocenters. The Morgan fingerprint density at radius 1 is 1.14 bits per heavy atom. The number of carbonyl (C=O) groups excluding carboxylic acids is 1. The van der Waals surface area contributed by atoms with E-state index in [-0.39, 0.29) is 0 Å². The number of halogens is 4. The summed E-state index contributed by atoms with van der Waals surface area (Å²) in [5, 5.41) is 12.5. The Balaban J connectivity index is 1.91. The number of hydrogen-bond donors (Lipinski definition) is 2. The maximum Gasteiger partial charge on any atom is 0.418 e. The van der Waals surface area contributed by atoms with Gasteiger partial charge in [-0.05, 0) is 53.9 Å². The first-order valence-electron chi connectivity index (χ1n) is 8.35. The number of carbonyl (C=O) groups is 1. The van der Waals surface area contributed by atoms with E-state index in [1.165, 1.54) is 0 Å². The zero-order valence-corrected chi connectivity index (χ0v) is 16.1. The lowest BCUT2D eigenvalue weighted by atomic mass is 10.0. The van der Waals surface area contributed by atoms with Crippen molar-refractivity contribution in [2.45, 2.75) is 13.1 Å². The quantitative estimate of drug-likeness (QED) is 0.591. The van der Waals surface area contributed by atoms with Crippen molar-refractivity contribution < 1.29 is 18.0 Å². The van der Waals surface area contributed by atoms with E-state index in [1.54, 1.807) is 37.4 Å². The molecule has 6 nitrogen and oxygen atoms in total. The molecular weight excluding hydrogens is 407 g/mol. The van der Waals surface area contributed by atoms with Crippen LogP contribution < -0.4 is 10.6 Å². The van der Waals surface area contributed by atoms with Gasteiger partial charge in [0.2, 0.25) is 0 Å². The van der Waals surface area contributed by atoms with Crippen LogP contribution in [0.2, 0.25) is 5.15 Å². The van der Waals surface area contributed by atoms with Gasteiger partial charge in [0.1, 0.15) is 11.0 Å². The standard InChI is InChI=1S/C19H15ClF3N5O/c1-10-3-4-13(8-14(10)11-5-16(20)27-17(6-11)24-2)26-18(29)15-7-12(9-25-28-15)19(21,22)23/h3-9H,1-2H3,(H,24,27)(H,26,29). The van der Waals surface area contributed by atoms with Gasteiger partial charge < -0.3 is 10.6 Å². The van der Waals surface area contributed by atoms with Crippen molar-refractivity contribution in [1.82, 2.24) is 15.2 Å². The van der Waals surface area contributed by atoms with Crippen LogP contribution in [0.3, 0.4) is 0 Å². The first-order chi connectivity index (χ1) is 13.7. The molecule has 0 spiro atoms. The lowest BCUT2D eigenvalue weighted by Gasteiger charge is -2.12. The third-order valence-electron chi connectivity index (χ3n) is 4.07. The predicted octanol–water partition coefficient (Wildman–Crippen LogP) is 4.81. The fourth-order valence-corrected chi connectivity index (χ4v) is 2.83. The van der Waals surface area contributed by atoms with Crippen LogP contribution >= 0.6 is 11.6 Å². The van der Waals surface area contributed by atoms with E-state index in [9.17, 15) is 18.0 Å². The molecule has 3 rings (SSSR count). The number of nitrogens with one attached hydrogen (secondary N) is 2. The van der Waals surface area contributed by atoms with Crippen molar-refractivity contribution in [3.63, 3.8) is 0 Å². The van der Waals surface area contributed by atoms with Gasteiger partial charge in [-0.25, -0.2) is 4.98 Å². The summed E-state index contributed by atoms with van der Waals surface area (Å²) < 4.78 is 38.5. The Hall–Kier alpha value is -3.20. The molecule has 0 atom stereocenters. The van der Waals surface area contributed by atoms with Crippen LogP contribution in [0.1, 0.15) is 21.6 Å². The highest BCUT2D eigenvalue weighted by Gasteiger charge is 2.32. The van der Waals surface area contributed by atoms with Crippen LogP contribution in [0.5, 0.6) is 0 Å². The summed E-state index contributed by atoms with van der Waals surface area (Å²) in [5.74, 6) is -0.234. The Kier molecular flexibility index (Phi) is 5.69. The number of amides is 1. The fraction of sp³-hybridized carbons (Fsp3) is 0.158. The summed E-state index contributed by atoms with van der Waals surface area (Å²) in [6, 6.07) is 9.22. The van der Waals surface area contributed by atoms with Gasteiger partial charge in [0.05, 0.1) is 11.8 Å². The molecule has 0 bridgehead atoms. The molecule has 0 radical (unpaired) electrons. The normalized spacial score (nSPS) is 11.2. The molecule has 0 saturated heterocycles. The molecule has 1 aromatic carbocycles. The summed E-state index contributed by atoms with van der Waals surface area (Å²) in [4.78, 5) is 16.5. The van der Waals surface area contributed by atoms with Crippen molar-refractivity contribution in [3.05, 3.63) is 64.6 Å². The Labute approximate surface area is 169 Å². The highest BCUT2D eigenvalue weighted by Crippen LogP contribution is 2.31. The summed E-state index contributed by atoms with van der Waals surface area (Å²) in [5.41, 5.74) is 1.35. The van der Waals surface area contributed by atoms with Gasteiger partial charge in [0, 0.05) is 12.7 Å². The molecule has 0 aliphatic heterocycles. The highest BCUT2D eigenvalue weighted by atomic mass is 35.5. The molecule has 0 aliphatic carbocycles. The first kappa shape index (κ1) is 20.5. The third-order valence-corrected chi connectivity index (χ3v) is 4.26. The Bertz CT molecular complexity index is 1070. The average molecular weight is 422 g/mol. The molecule has 2 aromatic heterocycles. The van der Waals surface area contributed by atoms with Gasteiger partial charge in [-0.2, -0.15) is 18.3 Å². The average Bonchev–Trinajstić information content (AvgIpc) is 2.68. The number of aromatic nitrogens is 3. The molecule has 3 aromatic rings. The van der Waals surface area contributed by atoms with Gasteiger partial charge in [-0.15, -0.1) is 5.10 Å². The molecule has 2 heterocycles. The van der Waals surface area contributed by atoms with Gasteiger partial charge in [0.25, 0.3) is 5.91 Å². The second-order valence-corrected chi connectivity index (χ2v) is 6.51. The maximum atomic E-state index is 12.8. The van der Waals surface area contributed by atoms with Crippen LogP contribution in [0.15, 0.2) is 42.6 Å². The smallest absolute Gasteiger partial charge is 0.373 e. The summed E-state index contributed by atoms with van der Waals surface area (Å²) in [6.45, 7) is 1.88. The van der Waals surface area contributed by atoms with E-state index in [4.69, 9.17) is 11.6 Å². The van der Waals surface area contributed by atoms with E-state index in [0.29, 0.717) is 28.9 Å². The first-order valence-corrected chi connectivity index (χ1v) is 8.73. The Morgan fingerprint density at radius 3 is 2.59 bits per heavy atom. The highest BCUT2D eigenvalue weighted by molar-refractivity contribution is 6.29.